The maximum absolute atomic E-state index is 12.5. The molecule has 2 N–H and O–H groups in total. The standard InChI is InChI=1S/C29H45NO8Si/c1-11-39(12-2,13-3)37-18-20-15-24(34-8)26(35-9)27(36-10)25(20)21-16-23(33-7)22(14-19(21)17-31)30-28(32)38-29(4,5)6/h14-16,31H,11-13,17-18H2,1-10H3,(H,30,32). The lowest BCUT2D eigenvalue weighted by atomic mass is 9.93. The van der Waals surface area contributed by atoms with Crippen molar-refractivity contribution < 1.29 is 38.0 Å². The molecule has 0 radical (unpaired) electrons. The van der Waals surface area contributed by atoms with Gasteiger partial charge >= 0.3 is 6.09 Å². The number of benzene rings is 2. The molecule has 2 aromatic carbocycles. The number of carbonyl (C=O) groups excluding carboxylic acids is 1. The van der Waals surface area contributed by atoms with Crippen molar-refractivity contribution in [2.45, 2.75) is 78.5 Å². The molecule has 0 aliphatic carbocycles. The van der Waals surface area contributed by atoms with E-state index >= 15 is 0 Å². The summed E-state index contributed by atoms with van der Waals surface area (Å²) >= 11 is 0. The summed E-state index contributed by atoms with van der Waals surface area (Å²) in [6.45, 7) is 11.9. The van der Waals surface area contributed by atoms with E-state index in [2.05, 4.69) is 26.1 Å². The van der Waals surface area contributed by atoms with Crippen molar-refractivity contribution in [2.24, 2.45) is 0 Å². The summed E-state index contributed by atoms with van der Waals surface area (Å²) in [5.74, 6) is 1.75. The fourth-order valence-electron chi connectivity index (χ4n) is 4.57. The first-order chi connectivity index (χ1) is 18.5. The normalized spacial score (nSPS) is 11.7. The van der Waals surface area contributed by atoms with Crippen LogP contribution in [0.25, 0.3) is 11.1 Å². The summed E-state index contributed by atoms with van der Waals surface area (Å²) in [4.78, 5) is 12.5. The van der Waals surface area contributed by atoms with Gasteiger partial charge in [-0.1, -0.05) is 20.8 Å². The van der Waals surface area contributed by atoms with Crippen LogP contribution in [-0.4, -0.2) is 53.6 Å². The van der Waals surface area contributed by atoms with E-state index in [-0.39, 0.29) is 6.61 Å². The Bertz CT molecular complexity index is 1120. The summed E-state index contributed by atoms with van der Waals surface area (Å²) < 4.78 is 34.9. The monoisotopic (exact) mass is 563 g/mol. The number of rotatable bonds is 13. The minimum Gasteiger partial charge on any atom is -0.495 e. The molecular weight excluding hydrogens is 518 g/mol. The van der Waals surface area contributed by atoms with Crippen LogP contribution in [-0.2, 0) is 22.4 Å². The summed E-state index contributed by atoms with van der Waals surface area (Å²) in [5, 5.41) is 13.2. The number of methoxy groups -OCH3 is 4. The second-order valence-corrected chi connectivity index (χ2v) is 15.0. The second-order valence-electron chi connectivity index (χ2n) is 10.2. The number of carbonyl (C=O) groups is 1. The van der Waals surface area contributed by atoms with Crippen LogP contribution in [0.1, 0.15) is 52.7 Å². The van der Waals surface area contributed by atoms with Gasteiger partial charge in [0.15, 0.2) is 19.8 Å². The highest BCUT2D eigenvalue weighted by molar-refractivity contribution is 6.73. The molecule has 39 heavy (non-hydrogen) atoms. The lowest BCUT2D eigenvalue weighted by Gasteiger charge is -2.29. The highest BCUT2D eigenvalue weighted by atomic mass is 28.4. The summed E-state index contributed by atoms with van der Waals surface area (Å²) in [5.41, 5.74) is 2.39. The van der Waals surface area contributed by atoms with Gasteiger partial charge in [-0.25, -0.2) is 4.79 Å². The Labute approximate surface area is 233 Å². The van der Waals surface area contributed by atoms with E-state index < -0.39 is 20.0 Å². The van der Waals surface area contributed by atoms with Crippen molar-refractivity contribution in [3.05, 3.63) is 29.3 Å². The third kappa shape index (κ3) is 7.58. The fourth-order valence-corrected chi connectivity index (χ4v) is 7.15. The molecule has 0 aliphatic heterocycles. The van der Waals surface area contributed by atoms with Crippen LogP contribution in [0.4, 0.5) is 10.5 Å². The molecule has 9 nitrogen and oxygen atoms in total. The minimum absolute atomic E-state index is 0.308. The van der Waals surface area contributed by atoms with Crippen molar-refractivity contribution >= 4 is 20.1 Å². The Balaban J connectivity index is 2.79. The zero-order chi connectivity index (χ0) is 29.4. The molecule has 2 rings (SSSR count). The van der Waals surface area contributed by atoms with Crippen LogP contribution in [0, 0.1) is 0 Å². The maximum atomic E-state index is 12.5. The number of aliphatic hydroxyl groups is 1. The van der Waals surface area contributed by atoms with Gasteiger partial charge in [-0.2, -0.15) is 0 Å². The van der Waals surface area contributed by atoms with Gasteiger partial charge in [0.1, 0.15) is 11.4 Å². The van der Waals surface area contributed by atoms with Crippen molar-refractivity contribution in [1.29, 1.82) is 0 Å². The van der Waals surface area contributed by atoms with Gasteiger partial charge < -0.3 is 33.2 Å². The molecule has 0 saturated heterocycles. The van der Waals surface area contributed by atoms with Crippen molar-refractivity contribution in [2.75, 3.05) is 33.8 Å². The number of aliphatic hydroxyl groups excluding tert-OH is 1. The lowest BCUT2D eigenvalue weighted by Crippen LogP contribution is -2.35. The van der Waals surface area contributed by atoms with Gasteiger partial charge in [-0.3, -0.25) is 5.32 Å². The van der Waals surface area contributed by atoms with Gasteiger partial charge in [-0.05, 0) is 73.8 Å². The molecule has 0 atom stereocenters. The van der Waals surface area contributed by atoms with Crippen molar-refractivity contribution in [3.63, 3.8) is 0 Å². The largest absolute Gasteiger partial charge is 0.495 e. The smallest absolute Gasteiger partial charge is 0.412 e. The van der Waals surface area contributed by atoms with E-state index in [1.54, 1.807) is 54.2 Å². The number of hydrogen-bond donors (Lipinski definition) is 2. The SMILES string of the molecule is CC[Si](CC)(CC)OCc1cc(OC)c(OC)c(OC)c1-c1cc(OC)c(NC(=O)OC(C)(C)C)cc1CO. The first kappa shape index (κ1) is 32.3. The molecular formula is C29H45NO8Si. The van der Waals surface area contributed by atoms with Gasteiger partial charge in [-0.15, -0.1) is 0 Å². The zero-order valence-electron chi connectivity index (χ0n) is 25.1. The van der Waals surface area contributed by atoms with Gasteiger partial charge in [0, 0.05) is 5.56 Å². The molecule has 1 amide bonds. The Morgan fingerprint density at radius 3 is 1.90 bits per heavy atom. The molecule has 0 saturated carbocycles. The average molecular weight is 564 g/mol. The van der Waals surface area contributed by atoms with E-state index in [1.165, 1.54) is 7.11 Å². The van der Waals surface area contributed by atoms with E-state index in [4.69, 9.17) is 28.1 Å². The summed E-state index contributed by atoms with van der Waals surface area (Å²) in [6.07, 6.45) is -0.629. The predicted octanol–water partition coefficient (Wildman–Crippen LogP) is 6.75. The number of hydrogen-bond acceptors (Lipinski definition) is 8. The molecule has 10 heteroatoms. The Morgan fingerprint density at radius 1 is 0.846 bits per heavy atom. The van der Waals surface area contributed by atoms with E-state index in [0.29, 0.717) is 52.0 Å². The van der Waals surface area contributed by atoms with Crippen molar-refractivity contribution in [1.82, 2.24) is 0 Å². The Morgan fingerprint density at radius 2 is 1.44 bits per heavy atom. The zero-order valence-corrected chi connectivity index (χ0v) is 26.1. The number of amides is 1. The molecule has 218 valence electrons. The number of ether oxygens (including phenoxy) is 5. The number of anilines is 1. The van der Waals surface area contributed by atoms with Gasteiger partial charge in [0.25, 0.3) is 0 Å². The topological polar surface area (TPSA) is 105 Å². The second kappa shape index (κ2) is 13.9. The highest BCUT2D eigenvalue weighted by Crippen LogP contribution is 2.49. The van der Waals surface area contributed by atoms with Crippen LogP contribution in [0.5, 0.6) is 23.0 Å². The van der Waals surface area contributed by atoms with E-state index in [0.717, 1.165) is 23.7 Å². The lowest BCUT2D eigenvalue weighted by molar-refractivity contribution is 0.0635. The molecule has 0 aromatic heterocycles. The fraction of sp³-hybridized carbons (Fsp3) is 0.552. The predicted molar refractivity (Wildman–Crippen MR) is 156 cm³/mol. The van der Waals surface area contributed by atoms with Crippen LogP contribution >= 0.6 is 0 Å². The van der Waals surface area contributed by atoms with Crippen LogP contribution in [0.3, 0.4) is 0 Å². The van der Waals surface area contributed by atoms with Gasteiger partial charge in [0.2, 0.25) is 5.75 Å². The third-order valence-corrected chi connectivity index (χ3v) is 11.5. The number of nitrogens with one attached hydrogen (secondary N) is 1. The highest BCUT2D eigenvalue weighted by Gasteiger charge is 2.31. The van der Waals surface area contributed by atoms with Crippen LogP contribution in [0.15, 0.2) is 18.2 Å². The maximum Gasteiger partial charge on any atom is 0.412 e. The Kier molecular flexibility index (Phi) is 11.5. The quantitative estimate of drug-likeness (QED) is 0.258. The summed E-state index contributed by atoms with van der Waals surface area (Å²) in [6, 6.07) is 8.32. The molecule has 0 aliphatic rings. The molecule has 0 bridgehead atoms. The summed E-state index contributed by atoms with van der Waals surface area (Å²) in [7, 11) is 4.25. The molecule has 2 aromatic rings. The molecule has 0 spiro atoms. The van der Waals surface area contributed by atoms with E-state index in [1.807, 2.05) is 6.07 Å². The molecule has 0 heterocycles. The third-order valence-electron chi connectivity index (χ3n) is 6.88. The molecule has 0 unspecified atom stereocenters. The first-order valence-corrected chi connectivity index (χ1v) is 15.8. The van der Waals surface area contributed by atoms with Crippen LogP contribution in [0.2, 0.25) is 18.1 Å². The van der Waals surface area contributed by atoms with Crippen LogP contribution < -0.4 is 24.3 Å². The van der Waals surface area contributed by atoms with E-state index in [9.17, 15) is 9.90 Å². The minimum atomic E-state index is -1.94. The van der Waals surface area contributed by atoms with Gasteiger partial charge in [0.05, 0.1) is 47.3 Å². The first-order valence-electron chi connectivity index (χ1n) is 13.2. The van der Waals surface area contributed by atoms with Crippen molar-refractivity contribution in [3.8, 4) is 34.1 Å². The average Bonchev–Trinajstić information content (AvgIpc) is 2.91. The molecule has 0 fully saturated rings. The Hall–Kier alpha value is -2.95.